The second-order valence-electron chi connectivity index (χ2n) is 7.78. The van der Waals surface area contributed by atoms with Gasteiger partial charge in [0, 0.05) is 11.4 Å². The fourth-order valence-electron chi connectivity index (χ4n) is 4.29. The van der Waals surface area contributed by atoms with Crippen molar-refractivity contribution in [3.63, 3.8) is 0 Å². The van der Waals surface area contributed by atoms with Gasteiger partial charge in [0.15, 0.2) is 0 Å². The topological polar surface area (TPSA) is 60.3 Å². The number of halogens is 1. The van der Waals surface area contributed by atoms with E-state index in [-0.39, 0.29) is 11.7 Å². The Hall–Kier alpha value is -2.97. The number of rotatable bonds is 5. The Morgan fingerprint density at radius 1 is 1.19 bits per heavy atom. The molecule has 3 heterocycles. The largest absolute Gasteiger partial charge is 0.465 e. The van der Waals surface area contributed by atoms with Gasteiger partial charge in [-0.15, -0.1) is 22.7 Å². The van der Waals surface area contributed by atoms with Crippen LogP contribution in [0.5, 0.6) is 0 Å². The monoisotopic (exact) mass is 468 g/mol. The summed E-state index contributed by atoms with van der Waals surface area (Å²) in [5.74, 6) is -1.03. The molecule has 4 aromatic rings. The number of nitrogens with one attached hydrogen (secondary N) is 1. The number of methoxy groups -OCH3 is 1. The van der Waals surface area contributed by atoms with Crippen molar-refractivity contribution >= 4 is 49.8 Å². The lowest BCUT2D eigenvalue weighted by Gasteiger charge is -2.12. The van der Waals surface area contributed by atoms with Gasteiger partial charge in [-0.2, -0.15) is 0 Å². The zero-order valence-corrected chi connectivity index (χ0v) is 19.1. The predicted octanol–water partition coefficient (Wildman–Crippen LogP) is 5.87. The summed E-state index contributed by atoms with van der Waals surface area (Å²) in [5, 5.41) is 5.48. The molecule has 3 aromatic heterocycles. The highest BCUT2D eigenvalue weighted by Gasteiger charge is 2.28. The molecule has 32 heavy (non-hydrogen) atoms. The molecular weight excluding hydrogens is 447 g/mol. The maximum atomic E-state index is 13.7. The van der Waals surface area contributed by atoms with Crippen LogP contribution in [0.1, 0.15) is 49.7 Å². The number of hydrogen-bond acceptors (Lipinski definition) is 5. The molecule has 1 amide bonds. The van der Waals surface area contributed by atoms with Crippen LogP contribution >= 0.6 is 22.7 Å². The summed E-state index contributed by atoms with van der Waals surface area (Å²) in [6.07, 6.45) is 3.82. The Labute approximate surface area is 192 Å². The lowest BCUT2D eigenvalue weighted by Crippen LogP contribution is -2.19. The third-order valence-corrected chi connectivity index (χ3v) is 7.83. The van der Waals surface area contributed by atoms with Crippen molar-refractivity contribution in [3.05, 3.63) is 74.9 Å². The first-order chi connectivity index (χ1) is 15.5. The lowest BCUT2D eigenvalue weighted by molar-refractivity contribution is 0.0601. The van der Waals surface area contributed by atoms with Gasteiger partial charge < -0.3 is 14.6 Å². The number of hydrogen-bond donors (Lipinski definition) is 1. The normalized spacial score (nSPS) is 13.2. The Morgan fingerprint density at radius 2 is 2.03 bits per heavy atom. The molecule has 0 aliphatic heterocycles. The quantitative estimate of drug-likeness (QED) is 0.373. The SMILES string of the molecule is COC(=O)c1c(NC(=O)c2cc3sccc3n2Cc2cccc(F)c2)sc2c1CCCC2. The van der Waals surface area contributed by atoms with E-state index in [4.69, 9.17) is 4.74 Å². The Morgan fingerprint density at radius 3 is 2.84 bits per heavy atom. The van der Waals surface area contributed by atoms with Gasteiger partial charge in [-0.1, -0.05) is 12.1 Å². The number of esters is 1. The van der Waals surface area contributed by atoms with Crippen LogP contribution in [0.2, 0.25) is 0 Å². The molecule has 5 nitrogen and oxygen atoms in total. The van der Waals surface area contributed by atoms with Gasteiger partial charge in [0.25, 0.3) is 5.91 Å². The number of fused-ring (bicyclic) bond motifs is 2. The predicted molar refractivity (Wildman–Crippen MR) is 126 cm³/mol. The summed E-state index contributed by atoms with van der Waals surface area (Å²) in [7, 11) is 1.36. The third kappa shape index (κ3) is 3.73. The fourth-order valence-corrected chi connectivity index (χ4v) is 6.39. The average molecular weight is 469 g/mol. The molecule has 1 N–H and O–H groups in total. The second kappa shape index (κ2) is 8.52. The third-order valence-electron chi connectivity index (χ3n) is 5.77. The molecule has 1 aliphatic rings. The molecule has 1 aromatic carbocycles. The van der Waals surface area contributed by atoms with Crippen molar-refractivity contribution < 1.29 is 18.7 Å². The molecule has 0 bridgehead atoms. The molecule has 0 saturated heterocycles. The Bertz CT molecular complexity index is 1330. The van der Waals surface area contributed by atoms with Crippen molar-refractivity contribution in [1.82, 2.24) is 4.57 Å². The molecule has 0 saturated carbocycles. The first-order valence-electron chi connectivity index (χ1n) is 10.4. The minimum atomic E-state index is -0.421. The maximum absolute atomic E-state index is 13.7. The number of aryl methyl sites for hydroxylation is 1. The van der Waals surface area contributed by atoms with Gasteiger partial charge >= 0.3 is 5.97 Å². The number of carbonyl (C=O) groups excluding carboxylic acids is 2. The van der Waals surface area contributed by atoms with Crippen LogP contribution < -0.4 is 5.32 Å². The second-order valence-corrected chi connectivity index (χ2v) is 9.83. The molecule has 0 unspecified atom stereocenters. The number of nitrogens with zero attached hydrogens (tertiary/aromatic N) is 1. The number of anilines is 1. The first-order valence-corrected chi connectivity index (χ1v) is 12.1. The maximum Gasteiger partial charge on any atom is 0.341 e. The Kier molecular flexibility index (Phi) is 5.57. The zero-order valence-electron chi connectivity index (χ0n) is 17.4. The standard InChI is InChI=1S/C24H21FN2O3S2/c1-30-24(29)21-16-7-2-3-8-19(16)32-23(21)26-22(28)18-12-20-17(9-10-31-20)27(18)13-14-5-4-6-15(25)11-14/h4-6,9-12H,2-3,7-8,13H2,1H3,(H,26,28). The molecule has 1 aliphatic carbocycles. The highest BCUT2D eigenvalue weighted by atomic mass is 32.1. The van der Waals surface area contributed by atoms with Gasteiger partial charge in [-0.25, -0.2) is 9.18 Å². The summed E-state index contributed by atoms with van der Waals surface area (Å²) in [5.41, 5.74) is 3.64. The summed E-state index contributed by atoms with van der Waals surface area (Å²) in [6, 6.07) is 10.2. The van der Waals surface area contributed by atoms with E-state index in [1.807, 2.05) is 28.1 Å². The van der Waals surface area contributed by atoms with Crippen molar-refractivity contribution in [2.24, 2.45) is 0 Å². The molecule has 8 heteroatoms. The summed E-state index contributed by atoms with van der Waals surface area (Å²) in [6.45, 7) is 0.367. The number of ether oxygens (including phenoxy) is 1. The zero-order chi connectivity index (χ0) is 22.2. The van der Waals surface area contributed by atoms with Crippen LogP contribution in [0, 0.1) is 5.82 Å². The minimum absolute atomic E-state index is 0.298. The van der Waals surface area contributed by atoms with Gasteiger partial charge in [-0.3, -0.25) is 4.79 Å². The summed E-state index contributed by atoms with van der Waals surface area (Å²) >= 11 is 3.01. The molecule has 0 radical (unpaired) electrons. The molecule has 0 spiro atoms. The van der Waals surface area contributed by atoms with Gasteiger partial charge in [0.05, 0.1) is 22.9 Å². The molecule has 0 fully saturated rings. The number of carbonyl (C=O) groups is 2. The van der Waals surface area contributed by atoms with Crippen LogP contribution in [0.3, 0.4) is 0 Å². The van der Waals surface area contributed by atoms with Gasteiger partial charge in [-0.05, 0) is 66.5 Å². The first kappa shape index (κ1) is 20.9. The highest BCUT2D eigenvalue weighted by molar-refractivity contribution is 7.17. The minimum Gasteiger partial charge on any atom is -0.465 e. The van der Waals surface area contributed by atoms with Gasteiger partial charge in [0.2, 0.25) is 0 Å². The van der Waals surface area contributed by atoms with Crippen LogP contribution in [0.25, 0.3) is 10.2 Å². The van der Waals surface area contributed by atoms with E-state index in [9.17, 15) is 14.0 Å². The Balaban J connectivity index is 1.52. The van der Waals surface area contributed by atoms with Crippen LogP contribution in [-0.4, -0.2) is 23.6 Å². The molecule has 0 atom stereocenters. The van der Waals surface area contributed by atoms with E-state index in [2.05, 4.69) is 5.32 Å². The average Bonchev–Trinajstić information content (AvgIpc) is 3.47. The smallest absolute Gasteiger partial charge is 0.341 e. The number of benzene rings is 1. The van der Waals surface area contributed by atoms with Crippen molar-refractivity contribution in [3.8, 4) is 0 Å². The number of amides is 1. The van der Waals surface area contributed by atoms with Gasteiger partial charge in [0.1, 0.15) is 16.5 Å². The van der Waals surface area contributed by atoms with Crippen molar-refractivity contribution in [2.45, 2.75) is 32.2 Å². The van der Waals surface area contributed by atoms with Crippen LogP contribution in [0.15, 0.2) is 41.8 Å². The van der Waals surface area contributed by atoms with Crippen LogP contribution in [0.4, 0.5) is 9.39 Å². The highest BCUT2D eigenvalue weighted by Crippen LogP contribution is 2.39. The van der Waals surface area contributed by atoms with E-state index in [1.165, 1.54) is 30.6 Å². The summed E-state index contributed by atoms with van der Waals surface area (Å²) < 4.78 is 21.6. The number of thiophene rings is 2. The van der Waals surface area contributed by atoms with Crippen LogP contribution in [-0.2, 0) is 24.1 Å². The van der Waals surface area contributed by atoms with E-state index in [1.54, 1.807) is 17.4 Å². The lowest BCUT2D eigenvalue weighted by atomic mass is 9.95. The number of aromatic nitrogens is 1. The molecule has 5 rings (SSSR count). The van der Waals surface area contributed by atoms with Crippen molar-refractivity contribution in [1.29, 1.82) is 0 Å². The van der Waals surface area contributed by atoms with Crippen molar-refractivity contribution in [2.75, 3.05) is 12.4 Å². The molecule has 164 valence electrons. The fraction of sp³-hybridized carbons (Fsp3) is 0.250. The van der Waals surface area contributed by atoms with E-state index in [0.717, 1.165) is 51.9 Å². The van der Waals surface area contributed by atoms with E-state index < -0.39 is 5.97 Å². The van der Waals surface area contributed by atoms with E-state index >= 15 is 0 Å². The molecular formula is C24H21FN2O3S2. The van der Waals surface area contributed by atoms with E-state index in [0.29, 0.717) is 22.8 Å². The summed E-state index contributed by atoms with van der Waals surface area (Å²) in [4.78, 5) is 27.0.